The Morgan fingerprint density at radius 2 is 2.19 bits per heavy atom. The second-order valence-corrected chi connectivity index (χ2v) is 4.86. The lowest BCUT2D eigenvalue weighted by molar-refractivity contribution is -0.138. The molecule has 0 aliphatic carbocycles. The summed E-state index contributed by atoms with van der Waals surface area (Å²) in [5.74, 6) is -0.692. The molecule has 1 aliphatic heterocycles. The maximum absolute atomic E-state index is 10.8. The van der Waals surface area contributed by atoms with Crippen LogP contribution in [0.4, 0.5) is 0 Å². The number of nitrogens with zero attached hydrogens (tertiary/aromatic N) is 2. The first-order valence-corrected chi connectivity index (χ1v) is 6.20. The van der Waals surface area contributed by atoms with E-state index in [1.54, 1.807) is 0 Å². The maximum Gasteiger partial charge on any atom is 0.304 e. The third-order valence-electron chi connectivity index (χ3n) is 3.51. The van der Waals surface area contributed by atoms with Crippen LogP contribution in [0.2, 0.25) is 0 Å². The molecule has 0 radical (unpaired) electrons. The fourth-order valence-corrected chi connectivity index (χ4v) is 2.37. The minimum atomic E-state index is -0.692. The maximum atomic E-state index is 10.8. The van der Waals surface area contributed by atoms with Crippen LogP contribution in [-0.4, -0.2) is 59.6 Å². The normalized spacial score (nSPS) is 28.9. The second kappa shape index (κ2) is 6.21. The number of rotatable bonds is 4. The molecule has 0 spiro atoms. The van der Waals surface area contributed by atoms with Crippen LogP contribution in [0.5, 0.6) is 0 Å². The fourth-order valence-electron chi connectivity index (χ4n) is 2.37. The van der Waals surface area contributed by atoms with E-state index in [4.69, 9.17) is 5.11 Å². The summed E-state index contributed by atoms with van der Waals surface area (Å²) in [5.41, 5.74) is 0. The average molecular weight is 228 g/mol. The van der Waals surface area contributed by atoms with Crippen LogP contribution >= 0.6 is 0 Å². The Labute approximate surface area is 98.2 Å². The summed E-state index contributed by atoms with van der Waals surface area (Å²) in [5, 5.41) is 8.91. The van der Waals surface area contributed by atoms with Gasteiger partial charge >= 0.3 is 5.97 Å². The predicted molar refractivity (Wildman–Crippen MR) is 64.6 cm³/mol. The lowest BCUT2D eigenvalue weighted by Gasteiger charge is -2.29. The van der Waals surface area contributed by atoms with Gasteiger partial charge in [0.15, 0.2) is 0 Å². The number of carboxylic acids is 1. The van der Waals surface area contributed by atoms with Gasteiger partial charge in [0.25, 0.3) is 0 Å². The quantitative estimate of drug-likeness (QED) is 0.787. The monoisotopic (exact) mass is 228 g/mol. The molecule has 1 fully saturated rings. The molecule has 0 bridgehead atoms. The van der Waals surface area contributed by atoms with Crippen molar-refractivity contribution in [3.8, 4) is 0 Å². The van der Waals surface area contributed by atoms with Crippen LogP contribution in [0.15, 0.2) is 0 Å². The molecule has 0 amide bonds. The molecule has 2 atom stereocenters. The number of hydrogen-bond donors (Lipinski definition) is 1. The third kappa shape index (κ3) is 3.76. The largest absolute Gasteiger partial charge is 0.481 e. The van der Waals surface area contributed by atoms with Gasteiger partial charge in [-0.3, -0.25) is 9.69 Å². The van der Waals surface area contributed by atoms with E-state index in [9.17, 15) is 4.79 Å². The van der Waals surface area contributed by atoms with Gasteiger partial charge < -0.3 is 10.0 Å². The average Bonchev–Trinajstić information content (AvgIpc) is 2.33. The van der Waals surface area contributed by atoms with E-state index >= 15 is 0 Å². The predicted octanol–water partition coefficient (Wildman–Crippen LogP) is 1.27. The fraction of sp³-hybridized carbons (Fsp3) is 0.917. The van der Waals surface area contributed by atoms with Crippen molar-refractivity contribution in [1.29, 1.82) is 0 Å². The summed E-state index contributed by atoms with van der Waals surface area (Å²) < 4.78 is 0. The standard InChI is InChI=1S/C12H24N2O2/c1-4-6-14-9-11(8-12(15)16)13(3)7-5-10(14)2/h10-11H,4-9H2,1-3H3,(H,15,16). The Morgan fingerprint density at radius 3 is 2.75 bits per heavy atom. The van der Waals surface area contributed by atoms with Gasteiger partial charge in [-0.1, -0.05) is 6.92 Å². The zero-order valence-corrected chi connectivity index (χ0v) is 10.6. The molecule has 0 aromatic carbocycles. The van der Waals surface area contributed by atoms with Gasteiger partial charge in [-0.25, -0.2) is 0 Å². The minimum absolute atomic E-state index is 0.161. The van der Waals surface area contributed by atoms with Gasteiger partial charge in [0.1, 0.15) is 0 Å². The van der Waals surface area contributed by atoms with Crippen LogP contribution < -0.4 is 0 Å². The van der Waals surface area contributed by atoms with E-state index in [-0.39, 0.29) is 12.5 Å². The summed E-state index contributed by atoms with van der Waals surface area (Å²) in [4.78, 5) is 15.4. The van der Waals surface area contributed by atoms with Crippen molar-refractivity contribution in [2.75, 3.05) is 26.7 Å². The van der Waals surface area contributed by atoms with Crippen molar-refractivity contribution >= 4 is 5.97 Å². The molecule has 0 saturated carbocycles. The number of likely N-dealkylation sites (N-methyl/N-ethyl adjacent to an activating group) is 1. The molecule has 4 heteroatoms. The molecular weight excluding hydrogens is 204 g/mol. The summed E-state index contributed by atoms with van der Waals surface area (Å²) in [7, 11) is 2.04. The molecule has 1 saturated heterocycles. The summed E-state index contributed by atoms with van der Waals surface area (Å²) >= 11 is 0. The molecule has 1 aliphatic rings. The SMILES string of the molecule is CCCN1CC(CC(=O)O)N(C)CCC1C. The third-order valence-corrected chi connectivity index (χ3v) is 3.51. The van der Waals surface area contributed by atoms with Crippen LogP contribution in [0.3, 0.4) is 0 Å². The highest BCUT2D eigenvalue weighted by atomic mass is 16.4. The highest BCUT2D eigenvalue weighted by Crippen LogP contribution is 2.16. The molecule has 0 aromatic heterocycles. The Kier molecular flexibility index (Phi) is 5.22. The Hall–Kier alpha value is -0.610. The van der Waals surface area contributed by atoms with Crippen LogP contribution in [0.1, 0.15) is 33.1 Å². The zero-order chi connectivity index (χ0) is 12.1. The molecule has 0 aromatic rings. The molecule has 1 N–H and O–H groups in total. The van der Waals surface area contributed by atoms with Crippen molar-refractivity contribution in [3.05, 3.63) is 0 Å². The summed E-state index contributed by atoms with van der Waals surface area (Å²) in [6.07, 6.45) is 2.52. The van der Waals surface area contributed by atoms with E-state index < -0.39 is 5.97 Å². The molecule has 1 heterocycles. The summed E-state index contributed by atoms with van der Waals surface area (Å²) in [6, 6.07) is 0.732. The molecule has 1 rings (SSSR count). The number of carbonyl (C=O) groups is 1. The first-order valence-electron chi connectivity index (χ1n) is 6.20. The van der Waals surface area contributed by atoms with Crippen molar-refractivity contribution in [2.45, 2.75) is 45.2 Å². The van der Waals surface area contributed by atoms with Gasteiger partial charge in [0, 0.05) is 18.6 Å². The Balaban J connectivity index is 2.63. The van der Waals surface area contributed by atoms with E-state index in [1.807, 2.05) is 7.05 Å². The first-order chi connectivity index (χ1) is 7.54. The smallest absolute Gasteiger partial charge is 0.304 e. The van der Waals surface area contributed by atoms with Gasteiger partial charge in [-0.15, -0.1) is 0 Å². The van der Waals surface area contributed by atoms with E-state index in [1.165, 1.54) is 0 Å². The number of aliphatic carboxylic acids is 1. The topological polar surface area (TPSA) is 43.8 Å². The van der Waals surface area contributed by atoms with E-state index in [0.717, 1.165) is 32.5 Å². The van der Waals surface area contributed by atoms with E-state index in [0.29, 0.717) is 6.04 Å². The van der Waals surface area contributed by atoms with Crippen LogP contribution in [0.25, 0.3) is 0 Å². The second-order valence-electron chi connectivity index (χ2n) is 4.86. The highest BCUT2D eigenvalue weighted by Gasteiger charge is 2.27. The van der Waals surface area contributed by atoms with Crippen LogP contribution in [-0.2, 0) is 4.79 Å². The van der Waals surface area contributed by atoms with Crippen molar-refractivity contribution < 1.29 is 9.90 Å². The molecule has 94 valence electrons. The lowest BCUT2D eigenvalue weighted by Crippen LogP contribution is -2.42. The van der Waals surface area contributed by atoms with Gasteiger partial charge in [-0.05, 0) is 39.9 Å². The summed E-state index contributed by atoms with van der Waals surface area (Å²) in [6.45, 7) is 7.38. The van der Waals surface area contributed by atoms with Gasteiger partial charge in [-0.2, -0.15) is 0 Å². The minimum Gasteiger partial charge on any atom is -0.481 e. The molecular formula is C12H24N2O2. The van der Waals surface area contributed by atoms with E-state index in [2.05, 4.69) is 23.6 Å². The van der Waals surface area contributed by atoms with Gasteiger partial charge in [0.05, 0.1) is 6.42 Å². The van der Waals surface area contributed by atoms with Gasteiger partial charge in [0.2, 0.25) is 0 Å². The van der Waals surface area contributed by atoms with Crippen molar-refractivity contribution in [3.63, 3.8) is 0 Å². The van der Waals surface area contributed by atoms with Crippen molar-refractivity contribution in [2.24, 2.45) is 0 Å². The Morgan fingerprint density at radius 1 is 1.50 bits per heavy atom. The Bertz CT molecular complexity index is 233. The van der Waals surface area contributed by atoms with Crippen LogP contribution in [0, 0.1) is 0 Å². The zero-order valence-electron chi connectivity index (χ0n) is 10.6. The first kappa shape index (κ1) is 13.5. The lowest BCUT2D eigenvalue weighted by atomic mass is 10.1. The number of carboxylic acid groups (broad SMARTS) is 1. The molecule has 2 unspecified atom stereocenters. The number of hydrogen-bond acceptors (Lipinski definition) is 3. The highest BCUT2D eigenvalue weighted by molar-refractivity contribution is 5.67. The van der Waals surface area contributed by atoms with Crippen molar-refractivity contribution in [1.82, 2.24) is 9.80 Å². The molecule has 16 heavy (non-hydrogen) atoms. The molecule has 4 nitrogen and oxygen atoms in total.